The highest BCUT2D eigenvalue weighted by Gasteiger charge is 2.39. The number of piperidine rings is 1. The van der Waals surface area contributed by atoms with Gasteiger partial charge in [0.15, 0.2) is 5.69 Å². The minimum atomic E-state index is -0.619. The van der Waals surface area contributed by atoms with E-state index in [9.17, 15) is 24.5 Å². The molecule has 12 heteroatoms. The van der Waals surface area contributed by atoms with Crippen molar-refractivity contribution in [2.75, 3.05) is 11.9 Å². The van der Waals surface area contributed by atoms with Gasteiger partial charge in [-0.15, -0.1) is 0 Å². The molecule has 2 aromatic heterocycles. The zero-order valence-corrected chi connectivity index (χ0v) is 22.3. The number of anilines is 1. The first-order chi connectivity index (χ1) is 19.8. The molecule has 1 saturated heterocycles. The van der Waals surface area contributed by atoms with Gasteiger partial charge in [0.25, 0.3) is 5.91 Å². The van der Waals surface area contributed by atoms with Crippen molar-refractivity contribution < 1.29 is 19.3 Å². The average molecular weight is 556 g/mol. The van der Waals surface area contributed by atoms with E-state index in [-0.39, 0.29) is 30.1 Å². The van der Waals surface area contributed by atoms with Crippen LogP contribution in [-0.2, 0) is 16.1 Å². The number of rotatable bonds is 8. The molecule has 2 saturated carbocycles. The molecule has 0 radical (unpaired) electrons. The van der Waals surface area contributed by atoms with Crippen LogP contribution in [0, 0.1) is 16.0 Å². The average Bonchev–Trinajstić information content (AvgIpc) is 3.61. The Kier molecular flexibility index (Phi) is 6.06. The predicted octanol–water partition coefficient (Wildman–Crippen LogP) is 3.55. The first kappa shape index (κ1) is 25.4. The van der Waals surface area contributed by atoms with Crippen molar-refractivity contribution in [2.24, 2.45) is 5.92 Å². The van der Waals surface area contributed by atoms with Crippen LogP contribution in [0.15, 0.2) is 42.6 Å². The molecule has 3 fully saturated rings. The summed E-state index contributed by atoms with van der Waals surface area (Å²) < 4.78 is 2.02. The summed E-state index contributed by atoms with van der Waals surface area (Å²) in [5.74, 6) is -0.185. The monoisotopic (exact) mass is 555 g/mol. The quantitative estimate of drug-likeness (QED) is 0.243. The summed E-state index contributed by atoms with van der Waals surface area (Å²) in [5, 5.41) is 22.0. The summed E-state index contributed by atoms with van der Waals surface area (Å²) in [5.41, 5.74) is 4.87. The van der Waals surface area contributed by atoms with E-state index >= 15 is 0 Å². The third-order valence-electron chi connectivity index (χ3n) is 8.63. The van der Waals surface area contributed by atoms with Crippen LogP contribution in [0.3, 0.4) is 0 Å². The van der Waals surface area contributed by atoms with E-state index in [1.807, 2.05) is 35.1 Å². The van der Waals surface area contributed by atoms with E-state index in [0.717, 1.165) is 54.7 Å². The zero-order chi connectivity index (χ0) is 28.2. The molecule has 2 aliphatic carbocycles. The molecule has 2 aliphatic heterocycles. The molecule has 3 amide bonds. The number of nitrogens with zero attached hydrogens (tertiary/aromatic N) is 5. The number of imide groups is 1. The Morgan fingerprint density at radius 1 is 1.07 bits per heavy atom. The van der Waals surface area contributed by atoms with Gasteiger partial charge in [-0.3, -0.25) is 24.4 Å². The fourth-order valence-corrected chi connectivity index (χ4v) is 6.15. The van der Waals surface area contributed by atoms with Crippen molar-refractivity contribution in [1.29, 1.82) is 0 Å². The first-order valence-corrected chi connectivity index (χ1v) is 14.1. The number of amides is 3. The molecule has 4 heterocycles. The summed E-state index contributed by atoms with van der Waals surface area (Å²) in [7, 11) is 0. The number of carbonyl (C=O) groups excluding carboxylic acids is 3. The molecule has 41 heavy (non-hydrogen) atoms. The third-order valence-corrected chi connectivity index (χ3v) is 8.63. The van der Waals surface area contributed by atoms with Crippen LogP contribution >= 0.6 is 0 Å². The van der Waals surface area contributed by atoms with Crippen molar-refractivity contribution in [2.45, 2.75) is 63.1 Å². The molecule has 4 aliphatic rings. The third kappa shape index (κ3) is 4.72. The van der Waals surface area contributed by atoms with E-state index in [4.69, 9.17) is 5.10 Å². The Balaban J connectivity index is 0.974. The van der Waals surface area contributed by atoms with Gasteiger partial charge < -0.3 is 20.3 Å². The predicted molar refractivity (Wildman–Crippen MR) is 147 cm³/mol. The number of carbonyl (C=O) groups is 3. The Labute approximate surface area is 235 Å². The van der Waals surface area contributed by atoms with Crippen molar-refractivity contribution in [3.05, 3.63) is 69.5 Å². The summed E-state index contributed by atoms with van der Waals surface area (Å²) >= 11 is 0. The normalized spacial score (nSPS) is 23.7. The van der Waals surface area contributed by atoms with Crippen LogP contribution in [-0.4, -0.2) is 54.9 Å². The molecule has 12 nitrogen and oxygen atoms in total. The van der Waals surface area contributed by atoms with E-state index in [1.54, 1.807) is 11.0 Å². The molecule has 0 spiro atoms. The summed E-state index contributed by atoms with van der Waals surface area (Å²) in [6, 6.07) is 10.2. The lowest BCUT2D eigenvalue weighted by molar-refractivity contribution is -0.389. The number of fused-ring (bicyclic) bond motifs is 1. The van der Waals surface area contributed by atoms with Gasteiger partial charge in [0, 0.05) is 48.9 Å². The fraction of sp³-hybridized carbons (Fsp3) is 0.414. The topological polar surface area (TPSA) is 152 Å². The molecular weight excluding hydrogens is 526 g/mol. The first-order valence-electron chi connectivity index (χ1n) is 14.1. The van der Waals surface area contributed by atoms with E-state index < -0.39 is 16.9 Å². The Morgan fingerprint density at radius 2 is 1.90 bits per heavy atom. The van der Waals surface area contributed by atoms with Gasteiger partial charge in [0.1, 0.15) is 6.04 Å². The maximum atomic E-state index is 12.9. The highest BCUT2D eigenvalue weighted by atomic mass is 16.6. The maximum Gasteiger partial charge on any atom is 0.364 e. The summed E-state index contributed by atoms with van der Waals surface area (Å²) in [6.07, 6.45) is 6.67. The molecule has 1 atom stereocenters. The number of aromatic nitrogens is 3. The summed E-state index contributed by atoms with van der Waals surface area (Å²) in [4.78, 5) is 53.3. The minimum absolute atomic E-state index is 0.161. The lowest BCUT2D eigenvalue weighted by Crippen LogP contribution is -2.52. The molecule has 7 rings (SSSR count). The van der Waals surface area contributed by atoms with Crippen molar-refractivity contribution in [3.63, 3.8) is 0 Å². The lowest BCUT2D eigenvalue weighted by Gasteiger charge is -2.35. The van der Waals surface area contributed by atoms with Crippen LogP contribution in [0.4, 0.5) is 11.5 Å². The number of nitrogens with one attached hydrogen (secondary N) is 2. The summed E-state index contributed by atoms with van der Waals surface area (Å²) in [6.45, 7) is 1.14. The van der Waals surface area contributed by atoms with Crippen LogP contribution in [0.1, 0.15) is 72.1 Å². The highest BCUT2D eigenvalue weighted by molar-refractivity contribution is 6.05. The molecule has 210 valence electrons. The Morgan fingerprint density at radius 3 is 2.66 bits per heavy atom. The number of pyridine rings is 1. The molecule has 1 aromatic carbocycles. The second-order valence-corrected chi connectivity index (χ2v) is 11.5. The van der Waals surface area contributed by atoms with Gasteiger partial charge in [-0.05, 0) is 83.8 Å². The number of hydrogen-bond donors (Lipinski definition) is 2. The van der Waals surface area contributed by atoms with E-state index in [0.29, 0.717) is 36.1 Å². The fourth-order valence-electron chi connectivity index (χ4n) is 6.15. The van der Waals surface area contributed by atoms with Gasteiger partial charge in [-0.2, -0.15) is 5.10 Å². The van der Waals surface area contributed by atoms with Crippen molar-refractivity contribution in [3.8, 4) is 11.3 Å². The minimum Gasteiger partial charge on any atom is -0.385 e. The Hall–Kier alpha value is -4.61. The van der Waals surface area contributed by atoms with Crippen LogP contribution in [0.25, 0.3) is 11.3 Å². The van der Waals surface area contributed by atoms with Crippen LogP contribution in [0.2, 0.25) is 0 Å². The molecule has 2 N–H and O–H groups in total. The zero-order valence-electron chi connectivity index (χ0n) is 22.3. The molecular formula is C29H29N7O5. The number of nitro groups is 1. The van der Waals surface area contributed by atoms with Gasteiger partial charge in [-0.1, -0.05) is 0 Å². The van der Waals surface area contributed by atoms with Gasteiger partial charge in [0.2, 0.25) is 11.8 Å². The molecule has 0 bridgehead atoms. The SMILES string of the molecule is O=C1CCC(N2Cc3cc(NC[C@H]4C[C@H](n5cc(-c6cccc([N+](=O)[O-])n6)c(C6CC6)n5)C4)ccc3C2=O)C(=O)N1. The van der Waals surface area contributed by atoms with E-state index in [1.165, 1.54) is 6.07 Å². The number of hydrogen-bond acceptors (Lipinski definition) is 8. The maximum absolute atomic E-state index is 12.9. The van der Waals surface area contributed by atoms with Crippen molar-refractivity contribution in [1.82, 2.24) is 25.0 Å². The van der Waals surface area contributed by atoms with Crippen molar-refractivity contribution >= 4 is 29.2 Å². The molecule has 1 unspecified atom stereocenters. The smallest absolute Gasteiger partial charge is 0.364 e. The van der Waals surface area contributed by atoms with Gasteiger partial charge >= 0.3 is 5.82 Å². The highest BCUT2D eigenvalue weighted by Crippen LogP contribution is 2.45. The van der Waals surface area contributed by atoms with E-state index in [2.05, 4.69) is 15.6 Å². The number of benzene rings is 1. The molecule has 3 aromatic rings. The van der Waals surface area contributed by atoms with Gasteiger partial charge in [0.05, 0.1) is 17.3 Å². The van der Waals surface area contributed by atoms with Crippen LogP contribution in [0.5, 0.6) is 0 Å². The second kappa shape index (κ2) is 9.79. The standard InChI is InChI=1S/C29H29N7O5/c37-26-9-8-24(28(38)32-26)34-14-18-12-19(6-7-21(18)29(34)39)30-13-16-10-20(11-16)35-15-22(27(33-35)17-4-5-17)23-2-1-3-25(31-23)36(40)41/h1-3,6-7,12,15-17,20,24,30H,4-5,8-11,13-14H2,(H,32,37,38)/t16-,20-,24?. The van der Waals surface area contributed by atoms with Gasteiger partial charge in [-0.25, -0.2) is 0 Å². The Bertz CT molecular complexity index is 1590. The second-order valence-electron chi connectivity index (χ2n) is 11.5. The van der Waals surface area contributed by atoms with Crippen LogP contribution < -0.4 is 10.6 Å². The lowest BCUT2D eigenvalue weighted by atomic mass is 9.80. The largest absolute Gasteiger partial charge is 0.385 e.